The molecular formula is C14H13N2O3S2+. The first kappa shape index (κ1) is 14.1. The van der Waals surface area contributed by atoms with Gasteiger partial charge in [0.15, 0.2) is 6.73 Å². The zero-order valence-corrected chi connectivity index (χ0v) is 12.9. The molecule has 1 aliphatic heterocycles. The third-order valence-electron chi connectivity index (χ3n) is 3.20. The number of thiazole rings is 1. The van der Waals surface area contributed by atoms with Crippen LogP contribution in [0.4, 0.5) is 0 Å². The summed E-state index contributed by atoms with van der Waals surface area (Å²) in [4.78, 5) is 23.6. The van der Waals surface area contributed by atoms with E-state index >= 15 is 0 Å². The summed E-state index contributed by atoms with van der Waals surface area (Å²) in [7, 11) is 2.00. The zero-order valence-electron chi connectivity index (χ0n) is 11.3. The molecule has 0 bridgehead atoms. The lowest BCUT2D eigenvalue weighted by molar-refractivity contribution is -0.642. The van der Waals surface area contributed by atoms with Gasteiger partial charge in [-0.2, -0.15) is 4.57 Å². The molecule has 1 aromatic carbocycles. The van der Waals surface area contributed by atoms with Crippen LogP contribution in [0.2, 0.25) is 0 Å². The standard InChI is InChI=1S/C14H13N2O3S2/c1-15-10-4-2-3-5-11(10)21-13(15)6-14-16(8-19-9-17)12(18)7-20-14/h2-6,9H,7-8H2,1H3/q+1. The molecule has 1 saturated heterocycles. The quantitative estimate of drug-likeness (QED) is 0.636. The molecule has 0 radical (unpaired) electrons. The van der Waals surface area contributed by atoms with Crippen molar-refractivity contribution in [2.24, 2.45) is 7.05 Å². The molecule has 108 valence electrons. The van der Waals surface area contributed by atoms with Crippen LogP contribution in [-0.4, -0.2) is 29.8 Å². The van der Waals surface area contributed by atoms with Gasteiger partial charge in [-0.05, 0) is 6.07 Å². The number of nitrogens with zero attached hydrogens (tertiary/aromatic N) is 2. The molecule has 5 nitrogen and oxygen atoms in total. The molecule has 1 amide bonds. The Morgan fingerprint density at radius 3 is 3.00 bits per heavy atom. The van der Waals surface area contributed by atoms with Gasteiger partial charge in [0, 0.05) is 6.07 Å². The first-order valence-electron chi connectivity index (χ1n) is 6.28. The van der Waals surface area contributed by atoms with E-state index in [2.05, 4.69) is 16.7 Å². The van der Waals surface area contributed by atoms with Gasteiger partial charge >= 0.3 is 0 Å². The molecule has 2 aromatic rings. The Labute approximate surface area is 129 Å². The Bertz CT molecular complexity index is 739. The highest BCUT2D eigenvalue weighted by molar-refractivity contribution is 8.04. The van der Waals surface area contributed by atoms with E-state index < -0.39 is 0 Å². The maximum atomic E-state index is 11.8. The van der Waals surface area contributed by atoms with Crippen molar-refractivity contribution in [3.05, 3.63) is 34.3 Å². The lowest BCUT2D eigenvalue weighted by atomic mass is 10.3. The van der Waals surface area contributed by atoms with Gasteiger partial charge in [0.1, 0.15) is 11.7 Å². The molecule has 1 aromatic heterocycles. The smallest absolute Gasteiger partial charge is 0.294 e. The van der Waals surface area contributed by atoms with Gasteiger partial charge < -0.3 is 4.74 Å². The number of carbonyl (C=O) groups is 2. The SMILES string of the molecule is C[n+]1c(/C=C2\SCC(=O)N2COC=O)sc2ccccc21. The summed E-state index contributed by atoms with van der Waals surface area (Å²) in [6.45, 7) is 0.323. The second-order valence-corrected chi connectivity index (χ2v) is 6.51. The lowest BCUT2D eigenvalue weighted by Gasteiger charge is -2.14. The Kier molecular flexibility index (Phi) is 3.94. The molecule has 1 fully saturated rings. The minimum absolute atomic E-state index is 0.0320. The van der Waals surface area contributed by atoms with Crippen molar-refractivity contribution in [3.8, 4) is 0 Å². The van der Waals surface area contributed by atoms with E-state index in [-0.39, 0.29) is 12.6 Å². The largest absolute Gasteiger partial charge is 0.446 e. The minimum atomic E-state index is -0.0446. The van der Waals surface area contributed by atoms with E-state index in [1.165, 1.54) is 21.4 Å². The fraction of sp³-hybridized carbons (Fsp3) is 0.214. The second-order valence-electron chi connectivity index (χ2n) is 4.45. The van der Waals surface area contributed by atoms with Crippen LogP contribution in [0.3, 0.4) is 0 Å². The van der Waals surface area contributed by atoms with E-state index in [4.69, 9.17) is 4.74 Å². The topological polar surface area (TPSA) is 50.5 Å². The van der Waals surface area contributed by atoms with E-state index in [9.17, 15) is 9.59 Å². The van der Waals surface area contributed by atoms with E-state index in [0.29, 0.717) is 12.2 Å². The van der Waals surface area contributed by atoms with Crippen molar-refractivity contribution in [1.82, 2.24) is 4.90 Å². The summed E-state index contributed by atoms with van der Waals surface area (Å²) in [5.74, 6) is 0.333. The molecule has 3 rings (SSSR count). The van der Waals surface area contributed by atoms with Gasteiger partial charge in [0.25, 0.3) is 11.5 Å². The normalized spacial score (nSPS) is 16.9. The molecule has 7 heteroatoms. The number of benzene rings is 1. The van der Waals surface area contributed by atoms with Crippen molar-refractivity contribution in [1.29, 1.82) is 0 Å². The number of carbonyl (C=O) groups excluding carboxylic acids is 2. The van der Waals surface area contributed by atoms with Crippen LogP contribution in [0.5, 0.6) is 0 Å². The Morgan fingerprint density at radius 2 is 2.24 bits per heavy atom. The number of aryl methyl sites for hydroxylation is 1. The summed E-state index contributed by atoms with van der Waals surface area (Å²) >= 11 is 3.12. The van der Waals surface area contributed by atoms with E-state index in [0.717, 1.165) is 15.6 Å². The molecule has 1 aliphatic rings. The fourth-order valence-corrected chi connectivity index (χ4v) is 4.22. The summed E-state index contributed by atoms with van der Waals surface area (Å²) in [6, 6.07) is 8.15. The van der Waals surface area contributed by atoms with Crippen molar-refractivity contribution >= 4 is 51.8 Å². The average Bonchev–Trinajstić information content (AvgIpc) is 2.99. The van der Waals surface area contributed by atoms with Crippen LogP contribution in [0.15, 0.2) is 29.3 Å². The van der Waals surface area contributed by atoms with Gasteiger partial charge in [-0.1, -0.05) is 35.2 Å². The Balaban J connectivity index is 1.96. The molecular weight excluding hydrogens is 308 g/mol. The highest BCUT2D eigenvalue weighted by atomic mass is 32.2. The Hall–Kier alpha value is -1.86. The van der Waals surface area contributed by atoms with Crippen molar-refractivity contribution in [2.75, 3.05) is 12.5 Å². The number of fused-ring (bicyclic) bond motifs is 1. The maximum Gasteiger partial charge on any atom is 0.294 e. The summed E-state index contributed by atoms with van der Waals surface area (Å²) < 4.78 is 8.00. The van der Waals surface area contributed by atoms with Gasteiger partial charge in [0.2, 0.25) is 11.4 Å². The maximum absolute atomic E-state index is 11.8. The van der Waals surface area contributed by atoms with Crippen molar-refractivity contribution < 1.29 is 18.9 Å². The first-order valence-corrected chi connectivity index (χ1v) is 8.08. The zero-order chi connectivity index (χ0) is 14.8. The number of hydrogen-bond donors (Lipinski definition) is 0. The van der Waals surface area contributed by atoms with Crippen LogP contribution in [-0.2, 0) is 21.4 Å². The number of para-hydroxylation sites is 1. The number of thioether (sulfide) groups is 1. The van der Waals surface area contributed by atoms with Crippen molar-refractivity contribution in [3.63, 3.8) is 0 Å². The van der Waals surface area contributed by atoms with Gasteiger partial charge in [0.05, 0.1) is 16.9 Å². The highest BCUT2D eigenvalue weighted by Crippen LogP contribution is 2.31. The van der Waals surface area contributed by atoms with Crippen molar-refractivity contribution in [2.45, 2.75) is 0 Å². The average molecular weight is 321 g/mol. The molecule has 0 N–H and O–H groups in total. The minimum Gasteiger partial charge on any atom is -0.446 e. The number of ether oxygens (including phenoxy) is 1. The highest BCUT2D eigenvalue weighted by Gasteiger charge is 2.28. The van der Waals surface area contributed by atoms with Gasteiger partial charge in [-0.3, -0.25) is 14.5 Å². The number of hydrogen-bond acceptors (Lipinski definition) is 5. The molecule has 0 aliphatic carbocycles. The van der Waals surface area contributed by atoms with Crippen LogP contribution in [0.25, 0.3) is 16.3 Å². The number of aromatic nitrogens is 1. The number of amides is 1. The van der Waals surface area contributed by atoms with Gasteiger partial charge in [-0.25, -0.2) is 0 Å². The van der Waals surface area contributed by atoms with Crippen LogP contribution in [0, 0.1) is 0 Å². The molecule has 0 spiro atoms. The summed E-state index contributed by atoms with van der Waals surface area (Å²) in [5.41, 5.74) is 1.15. The first-order chi connectivity index (χ1) is 10.2. The predicted molar refractivity (Wildman–Crippen MR) is 82.3 cm³/mol. The number of rotatable bonds is 4. The molecule has 2 heterocycles. The lowest BCUT2D eigenvalue weighted by Crippen LogP contribution is -2.30. The predicted octanol–water partition coefficient (Wildman–Crippen LogP) is 1.73. The fourth-order valence-electron chi connectivity index (χ4n) is 2.13. The van der Waals surface area contributed by atoms with Crippen LogP contribution < -0.4 is 4.57 Å². The molecule has 21 heavy (non-hydrogen) atoms. The Morgan fingerprint density at radius 1 is 1.43 bits per heavy atom. The molecule has 0 saturated carbocycles. The third-order valence-corrected chi connectivity index (χ3v) is 5.39. The second kappa shape index (κ2) is 5.87. The van der Waals surface area contributed by atoms with Crippen LogP contribution in [0.1, 0.15) is 5.01 Å². The summed E-state index contributed by atoms with van der Waals surface area (Å²) in [5, 5.41) is 1.86. The van der Waals surface area contributed by atoms with Crippen LogP contribution >= 0.6 is 23.1 Å². The monoisotopic (exact) mass is 321 g/mol. The molecule has 0 unspecified atom stereocenters. The van der Waals surface area contributed by atoms with Gasteiger partial charge in [-0.15, -0.1) is 0 Å². The third kappa shape index (κ3) is 2.66. The van der Waals surface area contributed by atoms with E-state index in [1.807, 2.05) is 25.3 Å². The molecule has 0 atom stereocenters. The summed E-state index contributed by atoms with van der Waals surface area (Å²) in [6.07, 6.45) is 1.97. The van der Waals surface area contributed by atoms with E-state index in [1.54, 1.807) is 11.3 Å².